The number of hydrogen-bond acceptors (Lipinski definition) is 2. The molecule has 1 heterocycles. The molecule has 2 heteroatoms. The largest absolute Gasteiger partial charge is 0.380 e. The van der Waals surface area contributed by atoms with Gasteiger partial charge in [0.2, 0.25) is 0 Å². The van der Waals surface area contributed by atoms with Gasteiger partial charge in [-0.2, -0.15) is 0 Å². The van der Waals surface area contributed by atoms with Gasteiger partial charge in [0.15, 0.2) is 0 Å². The van der Waals surface area contributed by atoms with Gasteiger partial charge in [0.25, 0.3) is 0 Å². The molecule has 2 nitrogen and oxygen atoms in total. The molecule has 16 aromatic rings. The van der Waals surface area contributed by atoms with Crippen molar-refractivity contribution in [3.63, 3.8) is 0 Å². The van der Waals surface area contributed by atoms with E-state index in [2.05, 4.69) is 393 Å². The molecule has 2 saturated carbocycles. The van der Waals surface area contributed by atoms with Crippen LogP contribution in [0.3, 0.4) is 0 Å². The first-order chi connectivity index (χ1) is 62.7. The summed E-state index contributed by atoms with van der Waals surface area (Å²) in [5.41, 5.74) is 55.3. The molecule has 2 atom stereocenters. The number of ketones is 1. The summed E-state index contributed by atoms with van der Waals surface area (Å²) >= 11 is 0. The molecule has 0 amide bonds. The van der Waals surface area contributed by atoms with Crippen LogP contribution in [0.25, 0.3) is 77.9 Å². The fourth-order valence-corrected chi connectivity index (χ4v) is 26.5. The molecule has 6 spiro atoms. The van der Waals surface area contributed by atoms with E-state index < -0.39 is 0 Å². The van der Waals surface area contributed by atoms with Crippen LogP contribution >= 0.6 is 0 Å². The van der Waals surface area contributed by atoms with Crippen LogP contribution in [-0.2, 0) is 61.3 Å². The van der Waals surface area contributed by atoms with Crippen LogP contribution in [0.1, 0.15) is 211 Å². The molecular formula is C126H110O2. The zero-order valence-electron chi connectivity index (χ0n) is 74.8. The second-order valence-corrected chi connectivity index (χ2v) is 39.2. The highest BCUT2D eigenvalue weighted by molar-refractivity contribution is 5.96. The van der Waals surface area contributed by atoms with Gasteiger partial charge in [0, 0.05) is 46.5 Å². The van der Waals surface area contributed by atoms with Crippen LogP contribution in [-0.4, -0.2) is 19.0 Å². The summed E-state index contributed by atoms with van der Waals surface area (Å²) in [5.74, 6) is 0.425. The number of ether oxygens (including phenoxy) is 1. The number of rotatable bonds is 0. The van der Waals surface area contributed by atoms with Gasteiger partial charge in [-0.25, -0.2) is 0 Å². The van der Waals surface area contributed by atoms with Crippen molar-refractivity contribution in [3.05, 3.63) is 485 Å². The quantitative estimate of drug-likeness (QED) is 0.151. The Morgan fingerprint density at radius 1 is 0.211 bits per heavy atom. The van der Waals surface area contributed by atoms with Crippen LogP contribution < -0.4 is 0 Å². The van der Waals surface area contributed by atoms with Gasteiger partial charge in [-0.05, 0) is 277 Å². The highest BCUT2D eigenvalue weighted by Crippen LogP contribution is 2.65. The fraction of sp³-hybridized carbons (Fsp3) is 0.230. The van der Waals surface area contributed by atoms with Crippen molar-refractivity contribution in [3.8, 4) is 77.9 Å². The number of fused-ring (bicyclic) bond motifs is 38. The van der Waals surface area contributed by atoms with Crippen molar-refractivity contribution in [1.82, 2.24) is 0 Å². The zero-order chi connectivity index (χ0) is 86.3. The molecule has 12 aliphatic rings. The highest BCUT2D eigenvalue weighted by atomic mass is 16.5. The topological polar surface area (TPSA) is 26.3 Å². The monoisotopic (exact) mass is 1650 g/mol. The summed E-state index contributed by atoms with van der Waals surface area (Å²) in [6, 6.07) is 131. The van der Waals surface area contributed by atoms with E-state index in [1.807, 2.05) is 0 Å². The Hall–Kier alpha value is -12.9. The number of aryl methyl sites for hydroxylation is 7. The molecule has 3 fully saturated rings. The Balaban J connectivity index is 0.0000000882. The summed E-state index contributed by atoms with van der Waals surface area (Å²) in [5, 5.41) is 0. The van der Waals surface area contributed by atoms with Crippen molar-refractivity contribution < 1.29 is 9.53 Å². The molecule has 1 saturated heterocycles. The van der Waals surface area contributed by atoms with Gasteiger partial charge in [-0.15, -0.1) is 0 Å². The first-order valence-corrected chi connectivity index (χ1v) is 47.4. The number of hydrogen-bond donors (Lipinski definition) is 0. The minimum atomic E-state index is -0.189. The van der Waals surface area contributed by atoms with Gasteiger partial charge >= 0.3 is 0 Å². The van der Waals surface area contributed by atoms with E-state index in [1.165, 1.54) is 252 Å². The van der Waals surface area contributed by atoms with E-state index in [9.17, 15) is 4.79 Å². The molecule has 2 unspecified atom stereocenters. The fourth-order valence-electron chi connectivity index (χ4n) is 26.5. The molecule has 0 bridgehead atoms. The lowest BCUT2D eigenvalue weighted by atomic mass is 9.67. The molecule has 16 aromatic carbocycles. The van der Waals surface area contributed by atoms with Crippen molar-refractivity contribution in [1.29, 1.82) is 0 Å². The second kappa shape index (κ2) is 31.3. The normalized spacial score (nSPS) is 18.8. The molecule has 0 aromatic heterocycles. The minimum absolute atomic E-state index is 0.0779. The van der Waals surface area contributed by atoms with Gasteiger partial charge in [-0.1, -0.05) is 411 Å². The van der Waals surface area contributed by atoms with Gasteiger partial charge in [-0.3, -0.25) is 4.79 Å². The van der Waals surface area contributed by atoms with Gasteiger partial charge < -0.3 is 4.74 Å². The second-order valence-electron chi connectivity index (χ2n) is 39.2. The first kappa shape index (κ1) is 79.8. The van der Waals surface area contributed by atoms with Crippen molar-refractivity contribution in [2.24, 2.45) is 0 Å². The smallest absolute Gasteiger partial charge is 0.133 e. The summed E-state index contributed by atoms with van der Waals surface area (Å²) in [4.78, 5) is 11.7. The van der Waals surface area contributed by atoms with Crippen molar-refractivity contribution in [2.45, 2.75) is 170 Å². The molecule has 28 rings (SSSR count). The molecule has 0 N–H and O–H groups in total. The Labute approximate surface area is 756 Å². The molecule has 626 valence electrons. The van der Waals surface area contributed by atoms with Crippen molar-refractivity contribution >= 4 is 5.78 Å². The summed E-state index contributed by atoms with van der Waals surface area (Å²) < 4.78 is 5.74. The predicted molar refractivity (Wildman–Crippen MR) is 529 cm³/mol. The zero-order valence-corrected chi connectivity index (χ0v) is 74.8. The third-order valence-corrected chi connectivity index (χ3v) is 32.1. The number of benzene rings is 16. The Kier molecular flexibility index (Phi) is 19.5. The Morgan fingerprint density at radius 3 is 0.898 bits per heavy atom. The van der Waals surface area contributed by atoms with E-state index in [-0.39, 0.29) is 27.1 Å². The molecule has 11 aliphatic carbocycles. The average Bonchev–Trinajstić information content (AvgIpc) is 1.58. The van der Waals surface area contributed by atoms with Crippen LogP contribution in [0.4, 0.5) is 0 Å². The molecule has 128 heavy (non-hydrogen) atoms. The lowest BCUT2D eigenvalue weighted by Crippen LogP contribution is -2.31. The molecule has 0 radical (unpaired) electrons. The predicted octanol–water partition coefficient (Wildman–Crippen LogP) is 30.4. The van der Waals surface area contributed by atoms with E-state index in [0.29, 0.717) is 11.2 Å². The SMILES string of the molecule is Cc1ccc2c(c1)C1(CCC(=O)CC1)c1ccccc1-2.Cc1ccc2c(c1)C1(CCCCCC1)c1ccccc1-2.Cc1ccc2c(c1)C1(CCOC1)c1ccccc1-2.Cc1ccc2c(c1)C1(CCc3ccccc31)c1ccccc1-2.Cc1ccc2c(c1)C1(Cc3ccccc3C1)c1ccccc1-2.Cc1ccc2c(c1)C1(c3ccccc3-c3ccccc31)c1ccccc1-2. The van der Waals surface area contributed by atoms with E-state index in [0.717, 1.165) is 58.2 Å². The number of carbonyl (C=O) groups is 1. The van der Waals surface area contributed by atoms with Crippen LogP contribution in [0, 0.1) is 41.5 Å². The maximum Gasteiger partial charge on any atom is 0.133 e. The van der Waals surface area contributed by atoms with Gasteiger partial charge in [0.05, 0.1) is 12.0 Å². The lowest BCUT2D eigenvalue weighted by Gasteiger charge is -2.35. The standard InChI is InChI=1S/C26H18.2C22H18.C20H22.C19H18O.C17H16O/c1-17-14-15-21-20-10-4-7-13-24(20)26(25(21)16-17)22-11-5-2-8-18(22)19-9-3-6-12-23(19)26;1-15-10-11-18-17-7-3-5-9-20(17)22(21(18)14-15)13-12-16-6-2-4-8-19(16)22;1-15-10-11-19-18-8-4-5-9-20(18)22(21(19)12-15)13-16-6-2-3-7-17(16)14-22;1-15-10-11-17-16-8-4-5-9-18(16)20(19(17)14-15)12-6-2-3-7-13-20;1-13-6-7-16-15-4-2-3-5-17(15)19(18(16)12-13)10-8-14(20)9-11-19;1-12-6-7-14-13-4-2-3-5-15(13)17(16(14)10-12)8-9-18-11-17/h2-16H,1H3;2-11,14H,12-13H2,1H3;2-12H,13-14H2,1H3;4-5,8-11,14H,2-3,6-7,12-13H2,1H3;2-7,12H,8-11H2,1H3;2-7,10H,8-9,11H2,1H3. The number of Topliss-reactive ketones (excluding diaryl/α,β-unsaturated/α-hetero) is 1. The minimum Gasteiger partial charge on any atom is -0.380 e. The van der Waals surface area contributed by atoms with Crippen molar-refractivity contribution in [2.75, 3.05) is 13.2 Å². The summed E-state index contributed by atoms with van der Waals surface area (Å²) in [7, 11) is 0. The average molecular weight is 1660 g/mol. The Morgan fingerprint density at radius 2 is 0.492 bits per heavy atom. The molecule has 1 aliphatic heterocycles. The summed E-state index contributed by atoms with van der Waals surface area (Å²) in [6.07, 6.45) is 17.4. The van der Waals surface area contributed by atoms with Gasteiger partial charge in [0.1, 0.15) is 5.78 Å². The number of carbonyl (C=O) groups excluding carboxylic acids is 1. The van der Waals surface area contributed by atoms with E-state index in [1.54, 1.807) is 11.1 Å². The summed E-state index contributed by atoms with van der Waals surface area (Å²) in [6.45, 7) is 14.9. The third-order valence-electron chi connectivity index (χ3n) is 32.1. The van der Waals surface area contributed by atoms with Crippen LogP contribution in [0.5, 0.6) is 0 Å². The van der Waals surface area contributed by atoms with E-state index in [4.69, 9.17) is 4.74 Å². The van der Waals surface area contributed by atoms with E-state index >= 15 is 0 Å². The third kappa shape index (κ3) is 12.2. The Bertz CT molecular complexity index is 7060. The maximum atomic E-state index is 11.7. The lowest BCUT2D eigenvalue weighted by molar-refractivity contribution is -0.121. The highest BCUT2D eigenvalue weighted by Gasteiger charge is 2.54. The van der Waals surface area contributed by atoms with Crippen LogP contribution in [0.15, 0.2) is 352 Å². The first-order valence-electron chi connectivity index (χ1n) is 47.4. The van der Waals surface area contributed by atoms with Crippen LogP contribution in [0.2, 0.25) is 0 Å². The maximum absolute atomic E-state index is 11.7. The molecular weight excluding hydrogens is 1550 g/mol.